The molecule has 0 N–H and O–H groups in total. The molecule has 30 heavy (non-hydrogen) atoms. The summed E-state index contributed by atoms with van der Waals surface area (Å²) in [6.07, 6.45) is 3.00. The van der Waals surface area contributed by atoms with E-state index in [1.807, 2.05) is 18.2 Å². The maximum atomic E-state index is 13.6. The van der Waals surface area contributed by atoms with Crippen molar-refractivity contribution in [3.05, 3.63) is 86.5 Å². The second-order valence-corrected chi connectivity index (χ2v) is 9.68. The molecule has 5 heteroatoms. The number of hydrogen-bond acceptors (Lipinski definition) is 4. The molecular formula is C25H26N2OS2. The Hall–Kier alpha value is -2.37. The Bertz CT molecular complexity index is 1230. The highest BCUT2D eigenvalue weighted by Gasteiger charge is 2.19. The smallest absolute Gasteiger partial charge is 0.267 e. The molecular weight excluding hydrogens is 408 g/mol. The third kappa shape index (κ3) is 4.23. The number of thioether (sulfide) groups is 1. The van der Waals surface area contributed by atoms with Crippen LogP contribution in [0.2, 0.25) is 0 Å². The molecule has 0 radical (unpaired) electrons. The summed E-state index contributed by atoms with van der Waals surface area (Å²) >= 11 is 3.33. The van der Waals surface area contributed by atoms with Crippen LogP contribution in [0.15, 0.2) is 64.5 Å². The molecule has 0 spiro atoms. The molecule has 2 aromatic heterocycles. The van der Waals surface area contributed by atoms with Crippen molar-refractivity contribution in [3.8, 4) is 5.69 Å². The molecule has 154 valence electrons. The van der Waals surface area contributed by atoms with Crippen LogP contribution in [0.1, 0.15) is 34.9 Å². The number of thiophene rings is 1. The average Bonchev–Trinajstić information content (AvgIpc) is 3.05. The van der Waals surface area contributed by atoms with Gasteiger partial charge in [0.1, 0.15) is 4.83 Å². The average molecular weight is 435 g/mol. The van der Waals surface area contributed by atoms with E-state index in [1.165, 1.54) is 10.4 Å². The molecule has 2 aromatic carbocycles. The van der Waals surface area contributed by atoms with Crippen molar-refractivity contribution in [1.29, 1.82) is 0 Å². The number of rotatable bonds is 7. The molecule has 0 unspecified atom stereocenters. The summed E-state index contributed by atoms with van der Waals surface area (Å²) in [4.78, 5) is 20.8. The van der Waals surface area contributed by atoms with Crippen molar-refractivity contribution < 1.29 is 0 Å². The van der Waals surface area contributed by atoms with Crippen LogP contribution >= 0.6 is 23.1 Å². The largest absolute Gasteiger partial charge is 0.268 e. The molecule has 4 aromatic rings. The number of benzene rings is 2. The van der Waals surface area contributed by atoms with Gasteiger partial charge in [-0.1, -0.05) is 67.6 Å². The maximum absolute atomic E-state index is 13.6. The Kier molecular flexibility index (Phi) is 6.40. The lowest BCUT2D eigenvalue weighted by Crippen LogP contribution is -2.22. The van der Waals surface area contributed by atoms with Crippen molar-refractivity contribution >= 4 is 33.3 Å². The van der Waals surface area contributed by atoms with Gasteiger partial charge in [-0.15, -0.1) is 11.3 Å². The Morgan fingerprint density at radius 3 is 2.57 bits per heavy atom. The van der Waals surface area contributed by atoms with Gasteiger partial charge in [0, 0.05) is 10.6 Å². The number of nitrogens with zero attached hydrogens (tertiary/aromatic N) is 2. The van der Waals surface area contributed by atoms with Crippen LogP contribution in [0.3, 0.4) is 0 Å². The van der Waals surface area contributed by atoms with Crippen molar-refractivity contribution in [2.24, 2.45) is 0 Å². The zero-order chi connectivity index (χ0) is 21.1. The molecule has 0 bridgehead atoms. The van der Waals surface area contributed by atoms with Gasteiger partial charge in [-0.05, 0) is 55.5 Å². The van der Waals surface area contributed by atoms with Gasteiger partial charge in [0.05, 0.1) is 11.1 Å². The van der Waals surface area contributed by atoms with Gasteiger partial charge in [0.2, 0.25) is 0 Å². The van der Waals surface area contributed by atoms with Gasteiger partial charge >= 0.3 is 0 Å². The first-order valence-electron chi connectivity index (χ1n) is 10.4. The maximum Gasteiger partial charge on any atom is 0.267 e. The highest BCUT2D eigenvalue weighted by molar-refractivity contribution is 7.99. The predicted molar refractivity (Wildman–Crippen MR) is 130 cm³/mol. The summed E-state index contributed by atoms with van der Waals surface area (Å²) in [7, 11) is 0. The second-order valence-electron chi connectivity index (χ2n) is 7.54. The summed E-state index contributed by atoms with van der Waals surface area (Å²) in [5, 5.41) is 1.55. The standard InChI is InChI=1S/C25H26N2OS2/c1-4-9-21-18(3)22-23(30-21)26-25(29-15-14-19-11-6-5-7-12-19)27(24(22)28)20-13-8-10-17(2)16-20/h5-8,10-13,16H,4,9,14-15H2,1-3H3. The summed E-state index contributed by atoms with van der Waals surface area (Å²) in [6.45, 7) is 6.29. The van der Waals surface area contributed by atoms with Gasteiger partial charge < -0.3 is 0 Å². The van der Waals surface area contributed by atoms with Gasteiger partial charge in [0.25, 0.3) is 5.56 Å². The Balaban J connectivity index is 1.80. The number of fused-ring (bicyclic) bond motifs is 1. The molecule has 0 saturated carbocycles. The molecule has 0 aliphatic rings. The zero-order valence-electron chi connectivity index (χ0n) is 17.6. The lowest BCUT2D eigenvalue weighted by atomic mass is 10.1. The minimum atomic E-state index is 0.0453. The first-order valence-corrected chi connectivity index (χ1v) is 12.2. The zero-order valence-corrected chi connectivity index (χ0v) is 19.3. The Morgan fingerprint density at radius 1 is 1.03 bits per heavy atom. The van der Waals surface area contributed by atoms with E-state index in [-0.39, 0.29) is 5.56 Å². The third-order valence-electron chi connectivity index (χ3n) is 5.23. The Morgan fingerprint density at radius 2 is 1.83 bits per heavy atom. The minimum Gasteiger partial charge on any atom is -0.268 e. The van der Waals surface area contributed by atoms with Crippen molar-refractivity contribution in [1.82, 2.24) is 9.55 Å². The topological polar surface area (TPSA) is 34.9 Å². The molecule has 0 aliphatic heterocycles. The van der Waals surface area contributed by atoms with Crippen LogP contribution in [-0.4, -0.2) is 15.3 Å². The molecule has 0 fully saturated rings. The van der Waals surface area contributed by atoms with E-state index in [0.29, 0.717) is 0 Å². The molecule has 0 atom stereocenters. The van der Waals surface area contributed by atoms with Crippen molar-refractivity contribution in [3.63, 3.8) is 0 Å². The SMILES string of the molecule is CCCc1sc2nc(SCCc3ccccc3)n(-c3cccc(C)c3)c(=O)c2c1C. The van der Waals surface area contributed by atoms with Crippen LogP contribution in [0.5, 0.6) is 0 Å². The van der Waals surface area contributed by atoms with Crippen molar-refractivity contribution in [2.75, 3.05) is 5.75 Å². The summed E-state index contributed by atoms with van der Waals surface area (Å²) in [6, 6.07) is 18.6. The van der Waals surface area contributed by atoms with E-state index < -0.39 is 0 Å². The van der Waals surface area contributed by atoms with Crippen LogP contribution in [0, 0.1) is 13.8 Å². The molecule has 4 rings (SSSR count). The first-order chi connectivity index (χ1) is 14.6. The fourth-order valence-electron chi connectivity index (χ4n) is 3.67. The molecule has 0 saturated heterocycles. The van der Waals surface area contributed by atoms with Crippen LogP contribution in [-0.2, 0) is 12.8 Å². The number of aromatic nitrogens is 2. The van der Waals surface area contributed by atoms with E-state index in [4.69, 9.17) is 4.98 Å². The number of aryl methyl sites for hydroxylation is 4. The van der Waals surface area contributed by atoms with Gasteiger partial charge in [0.15, 0.2) is 5.16 Å². The Labute approximate surface area is 185 Å². The normalized spacial score (nSPS) is 11.3. The van der Waals surface area contributed by atoms with Crippen LogP contribution < -0.4 is 5.56 Å². The van der Waals surface area contributed by atoms with Crippen LogP contribution in [0.4, 0.5) is 0 Å². The van der Waals surface area contributed by atoms with Gasteiger partial charge in [-0.3, -0.25) is 9.36 Å². The summed E-state index contributed by atoms with van der Waals surface area (Å²) < 4.78 is 1.81. The quantitative estimate of drug-likeness (QED) is 0.251. The third-order valence-corrected chi connectivity index (χ3v) is 7.42. The predicted octanol–water partition coefficient (Wildman–Crippen LogP) is 6.35. The highest BCUT2D eigenvalue weighted by atomic mass is 32.2. The van der Waals surface area contributed by atoms with E-state index >= 15 is 0 Å². The lowest BCUT2D eigenvalue weighted by molar-refractivity contribution is 0.820. The fourth-order valence-corrected chi connectivity index (χ4v) is 5.99. The number of hydrogen-bond donors (Lipinski definition) is 0. The fraction of sp³-hybridized carbons (Fsp3) is 0.280. The van der Waals surface area contributed by atoms with Gasteiger partial charge in [-0.25, -0.2) is 4.98 Å². The first kappa shape index (κ1) is 20.9. The van der Waals surface area contributed by atoms with E-state index in [9.17, 15) is 4.79 Å². The molecule has 0 aliphatic carbocycles. The summed E-state index contributed by atoms with van der Waals surface area (Å²) in [5.41, 5.74) is 4.46. The van der Waals surface area contributed by atoms with E-state index in [0.717, 1.165) is 57.2 Å². The molecule has 2 heterocycles. The van der Waals surface area contributed by atoms with Crippen molar-refractivity contribution in [2.45, 2.75) is 45.2 Å². The van der Waals surface area contributed by atoms with E-state index in [2.05, 4.69) is 57.2 Å². The van der Waals surface area contributed by atoms with Gasteiger partial charge in [-0.2, -0.15) is 0 Å². The highest BCUT2D eigenvalue weighted by Crippen LogP contribution is 2.31. The van der Waals surface area contributed by atoms with E-state index in [1.54, 1.807) is 27.7 Å². The van der Waals surface area contributed by atoms with Crippen LogP contribution in [0.25, 0.3) is 15.9 Å². The lowest BCUT2D eigenvalue weighted by Gasteiger charge is -2.13. The minimum absolute atomic E-state index is 0.0453. The molecule has 0 amide bonds. The monoisotopic (exact) mass is 434 g/mol. The second kappa shape index (κ2) is 9.19. The molecule has 3 nitrogen and oxygen atoms in total. The summed E-state index contributed by atoms with van der Waals surface area (Å²) in [5.74, 6) is 0.875.